The molecule has 0 spiro atoms. The molecule has 1 aromatic carbocycles. The molecular weight excluding hydrogens is 294 g/mol. The Labute approximate surface area is 134 Å². The predicted octanol–water partition coefficient (Wildman–Crippen LogP) is 2.81. The molecule has 0 bridgehead atoms. The maximum absolute atomic E-state index is 12.2. The third-order valence-corrected chi connectivity index (χ3v) is 4.54. The molecule has 0 saturated carbocycles. The number of piperazine rings is 1. The van der Waals surface area contributed by atoms with Gasteiger partial charge in [-0.25, -0.2) is 4.98 Å². The van der Waals surface area contributed by atoms with Gasteiger partial charge in [-0.05, 0) is 25.1 Å². The van der Waals surface area contributed by atoms with E-state index < -0.39 is 0 Å². The quantitative estimate of drug-likeness (QED) is 0.818. The number of aryl methyl sites for hydroxylation is 1. The number of hydrogen-bond donors (Lipinski definition) is 0. The molecule has 2 aromatic rings. The second-order valence-electron chi connectivity index (χ2n) is 5.27. The van der Waals surface area contributed by atoms with Crippen molar-refractivity contribution in [3.63, 3.8) is 0 Å². The molecular formula is C17H19N3OS. The molecule has 0 N–H and O–H groups in total. The first-order chi connectivity index (χ1) is 10.7. The monoisotopic (exact) mass is 313 g/mol. The molecule has 0 unspecified atom stereocenters. The zero-order chi connectivity index (χ0) is 15.4. The van der Waals surface area contributed by atoms with Crippen LogP contribution < -0.4 is 4.90 Å². The first-order valence-corrected chi connectivity index (χ1v) is 8.29. The summed E-state index contributed by atoms with van der Waals surface area (Å²) in [5.41, 5.74) is 2.09. The molecule has 22 heavy (non-hydrogen) atoms. The van der Waals surface area contributed by atoms with Crippen LogP contribution in [-0.2, 0) is 4.79 Å². The number of nitrogens with zero attached hydrogens (tertiary/aromatic N) is 3. The van der Waals surface area contributed by atoms with Gasteiger partial charge in [-0.2, -0.15) is 0 Å². The molecule has 0 radical (unpaired) electrons. The van der Waals surface area contributed by atoms with Gasteiger partial charge in [-0.3, -0.25) is 4.79 Å². The van der Waals surface area contributed by atoms with Crippen LogP contribution in [0.15, 0.2) is 41.8 Å². The van der Waals surface area contributed by atoms with E-state index >= 15 is 0 Å². The molecule has 1 aromatic heterocycles. The van der Waals surface area contributed by atoms with E-state index in [0.717, 1.165) is 36.9 Å². The lowest BCUT2D eigenvalue weighted by atomic mass is 10.2. The Kier molecular flexibility index (Phi) is 4.53. The Balaban J connectivity index is 1.55. The van der Waals surface area contributed by atoms with Crippen molar-refractivity contribution in [3.05, 3.63) is 52.5 Å². The van der Waals surface area contributed by atoms with Gasteiger partial charge in [0.15, 0.2) is 0 Å². The van der Waals surface area contributed by atoms with Crippen LogP contribution >= 0.6 is 11.3 Å². The summed E-state index contributed by atoms with van der Waals surface area (Å²) in [6.45, 7) is 5.23. The van der Waals surface area contributed by atoms with Gasteiger partial charge in [0.2, 0.25) is 5.91 Å². The Morgan fingerprint density at radius 1 is 1.18 bits per heavy atom. The summed E-state index contributed by atoms with van der Waals surface area (Å²) in [7, 11) is 0. The first kappa shape index (κ1) is 14.8. The van der Waals surface area contributed by atoms with E-state index in [-0.39, 0.29) is 5.91 Å². The second-order valence-corrected chi connectivity index (χ2v) is 6.33. The number of benzene rings is 1. The highest BCUT2D eigenvalue weighted by atomic mass is 32.1. The van der Waals surface area contributed by atoms with E-state index in [1.165, 1.54) is 5.69 Å². The number of para-hydroxylation sites is 1. The van der Waals surface area contributed by atoms with Crippen LogP contribution in [0.2, 0.25) is 0 Å². The summed E-state index contributed by atoms with van der Waals surface area (Å²) in [5, 5.41) is 2.98. The highest BCUT2D eigenvalue weighted by Crippen LogP contribution is 2.16. The molecule has 1 aliphatic heterocycles. The number of rotatable bonds is 3. The largest absolute Gasteiger partial charge is 0.368 e. The van der Waals surface area contributed by atoms with Gasteiger partial charge in [-0.15, -0.1) is 11.3 Å². The zero-order valence-electron chi connectivity index (χ0n) is 12.6. The van der Waals surface area contributed by atoms with Crippen molar-refractivity contribution < 1.29 is 4.79 Å². The lowest BCUT2D eigenvalue weighted by Gasteiger charge is -2.35. The van der Waals surface area contributed by atoms with Gasteiger partial charge in [0, 0.05) is 43.3 Å². The number of carbonyl (C=O) groups excluding carboxylic acids is 1. The minimum absolute atomic E-state index is 0.0679. The Morgan fingerprint density at radius 2 is 1.91 bits per heavy atom. The maximum atomic E-state index is 12.2. The van der Waals surface area contributed by atoms with Crippen molar-refractivity contribution in [1.82, 2.24) is 9.88 Å². The van der Waals surface area contributed by atoms with Crippen LogP contribution in [0.5, 0.6) is 0 Å². The number of anilines is 1. The summed E-state index contributed by atoms with van der Waals surface area (Å²) < 4.78 is 0. The number of amides is 1. The smallest absolute Gasteiger partial charge is 0.246 e. The van der Waals surface area contributed by atoms with Crippen molar-refractivity contribution in [3.8, 4) is 0 Å². The van der Waals surface area contributed by atoms with E-state index in [4.69, 9.17) is 0 Å². The predicted molar refractivity (Wildman–Crippen MR) is 91.1 cm³/mol. The summed E-state index contributed by atoms with van der Waals surface area (Å²) in [6.07, 6.45) is 3.43. The number of carbonyl (C=O) groups is 1. The van der Waals surface area contributed by atoms with Crippen LogP contribution in [-0.4, -0.2) is 42.0 Å². The van der Waals surface area contributed by atoms with Crippen molar-refractivity contribution in [2.75, 3.05) is 31.1 Å². The van der Waals surface area contributed by atoms with Crippen molar-refractivity contribution in [2.24, 2.45) is 0 Å². The van der Waals surface area contributed by atoms with Crippen molar-refractivity contribution in [1.29, 1.82) is 0 Å². The number of aromatic nitrogens is 1. The third kappa shape index (κ3) is 3.54. The molecule has 114 valence electrons. The molecule has 1 fully saturated rings. The Hall–Kier alpha value is -2.14. The van der Waals surface area contributed by atoms with Crippen LogP contribution in [0.4, 0.5) is 5.69 Å². The van der Waals surface area contributed by atoms with Gasteiger partial charge < -0.3 is 9.80 Å². The van der Waals surface area contributed by atoms with E-state index in [1.807, 2.05) is 35.4 Å². The van der Waals surface area contributed by atoms with Crippen molar-refractivity contribution in [2.45, 2.75) is 6.92 Å². The van der Waals surface area contributed by atoms with E-state index in [2.05, 4.69) is 22.0 Å². The minimum Gasteiger partial charge on any atom is -0.368 e. The standard InChI is InChI=1S/C17H19N3OS/c1-14-18-15(13-22-14)7-8-17(21)20-11-9-19(10-12-20)16-5-3-2-4-6-16/h2-8,13H,9-12H2,1H3/b8-7+. The van der Waals surface area contributed by atoms with E-state index in [9.17, 15) is 4.79 Å². The number of hydrogen-bond acceptors (Lipinski definition) is 4. The highest BCUT2D eigenvalue weighted by molar-refractivity contribution is 7.09. The van der Waals surface area contributed by atoms with Crippen LogP contribution in [0, 0.1) is 6.92 Å². The Morgan fingerprint density at radius 3 is 2.55 bits per heavy atom. The molecule has 0 atom stereocenters. The van der Waals surface area contributed by atoms with E-state index in [1.54, 1.807) is 23.5 Å². The molecule has 1 saturated heterocycles. The average Bonchev–Trinajstić information content (AvgIpc) is 2.99. The molecule has 1 amide bonds. The van der Waals surface area contributed by atoms with Crippen LogP contribution in [0.25, 0.3) is 6.08 Å². The first-order valence-electron chi connectivity index (χ1n) is 7.41. The maximum Gasteiger partial charge on any atom is 0.246 e. The lowest BCUT2D eigenvalue weighted by Crippen LogP contribution is -2.48. The molecule has 5 heteroatoms. The molecule has 1 aliphatic rings. The summed E-state index contributed by atoms with van der Waals surface area (Å²) in [4.78, 5) is 20.8. The fourth-order valence-corrected chi connectivity index (χ4v) is 3.12. The fraction of sp³-hybridized carbons (Fsp3) is 0.294. The third-order valence-electron chi connectivity index (χ3n) is 3.75. The van der Waals surface area contributed by atoms with Crippen molar-refractivity contribution >= 4 is 29.0 Å². The fourth-order valence-electron chi connectivity index (χ4n) is 2.54. The van der Waals surface area contributed by atoms with Gasteiger partial charge in [0.05, 0.1) is 10.7 Å². The topological polar surface area (TPSA) is 36.4 Å². The Bertz CT molecular complexity index is 658. The molecule has 0 aliphatic carbocycles. The molecule has 4 nitrogen and oxygen atoms in total. The number of thiazole rings is 1. The van der Waals surface area contributed by atoms with Gasteiger partial charge >= 0.3 is 0 Å². The normalized spacial score (nSPS) is 15.5. The lowest BCUT2D eigenvalue weighted by molar-refractivity contribution is -0.126. The van der Waals surface area contributed by atoms with Gasteiger partial charge in [0.25, 0.3) is 0 Å². The average molecular weight is 313 g/mol. The molecule has 3 rings (SSSR count). The summed E-state index contributed by atoms with van der Waals surface area (Å²) in [6, 6.07) is 10.3. The molecule has 2 heterocycles. The van der Waals surface area contributed by atoms with Gasteiger partial charge in [0.1, 0.15) is 0 Å². The second kappa shape index (κ2) is 6.75. The SMILES string of the molecule is Cc1nc(/C=C/C(=O)N2CCN(c3ccccc3)CC2)cs1. The minimum atomic E-state index is 0.0679. The van der Waals surface area contributed by atoms with E-state index in [0.29, 0.717) is 0 Å². The van der Waals surface area contributed by atoms with Crippen LogP contribution in [0.3, 0.4) is 0 Å². The summed E-state index contributed by atoms with van der Waals surface area (Å²) >= 11 is 1.60. The van der Waals surface area contributed by atoms with Gasteiger partial charge in [-0.1, -0.05) is 18.2 Å². The summed E-state index contributed by atoms with van der Waals surface area (Å²) in [5.74, 6) is 0.0679. The highest BCUT2D eigenvalue weighted by Gasteiger charge is 2.19. The van der Waals surface area contributed by atoms with Crippen LogP contribution in [0.1, 0.15) is 10.7 Å². The zero-order valence-corrected chi connectivity index (χ0v) is 13.4.